The average molecular weight is 137 g/mol. The number of hydroxylamine groups is 1. The summed E-state index contributed by atoms with van der Waals surface area (Å²) < 4.78 is 0. The van der Waals surface area contributed by atoms with Crippen LogP contribution >= 0.6 is 12.6 Å². The first-order chi connectivity index (χ1) is 3.72. The number of carboxylic acids is 1. The van der Waals surface area contributed by atoms with Crippen LogP contribution in [0.1, 0.15) is 0 Å². The summed E-state index contributed by atoms with van der Waals surface area (Å²) >= 11 is 3.62. The Morgan fingerprint density at radius 2 is 2.50 bits per heavy atom. The summed E-state index contributed by atoms with van der Waals surface area (Å²) in [5, 5.41) is 17.8. The second kappa shape index (κ2) is 3.71. The van der Waals surface area contributed by atoms with Gasteiger partial charge in [-0.05, 0) is 0 Å². The molecule has 0 fully saturated rings. The maximum absolute atomic E-state index is 9.88. The maximum atomic E-state index is 9.88. The summed E-state index contributed by atoms with van der Waals surface area (Å²) in [7, 11) is 0. The largest absolute Gasteiger partial charge is 0.635 e. The van der Waals surface area contributed by atoms with E-state index in [0.29, 0.717) is 5.48 Å². The molecule has 0 saturated heterocycles. The number of hydrogen-bond donors (Lipinski definition) is 3. The molecule has 0 aromatic rings. The van der Waals surface area contributed by atoms with Crippen LogP contribution in [0, 0.1) is 5.21 Å². The number of quaternary nitrogens is 1. The fraction of sp³-hybridized carbons (Fsp3) is 0.667. The van der Waals surface area contributed by atoms with E-state index in [9.17, 15) is 10.0 Å². The first-order valence-electron chi connectivity index (χ1n) is 2.01. The van der Waals surface area contributed by atoms with Gasteiger partial charge in [0.15, 0.2) is 6.04 Å². The summed E-state index contributed by atoms with van der Waals surface area (Å²) in [6, 6.07) is -0.946. The molecule has 0 heterocycles. The molecule has 0 amide bonds. The van der Waals surface area contributed by atoms with Crippen molar-refractivity contribution in [2.24, 2.45) is 0 Å². The van der Waals surface area contributed by atoms with Gasteiger partial charge in [0.05, 0.1) is 5.75 Å². The van der Waals surface area contributed by atoms with E-state index in [1.165, 1.54) is 0 Å². The van der Waals surface area contributed by atoms with Crippen LogP contribution in [0.2, 0.25) is 0 Å². The average Bonchev–Trinajstić information content (AvgIpc) is 1.69. The van der Waals surface area contributed by atoms with E-state index < -0.39 is 12.0 Å². The Morgan fingerprint density at radius 3 is 2.50 bits per heavy atom. The highest BCUT2D eigenvalue weighted by Crippen LogP contribution is 1.78. The molecule has 0 aliphatic rings. The lowest BCUT2D eigenvalue weighted by atomic mass is 10.4. The lowest BCUT2D eigenvalue weighted by molar-refractivity contribution is -0.610. The standard InChI is InChI=1S/C3H7NO3S/c5-3(6)2(1-8)4-7/h2,8H,1,4H2,(H,5,6)/t2-/m1/s1. The van der Waals surface area contributed by atoms with Crippen molar-refractivity contribution in [1.29, 1.82) is 0 Å². The second-order valence-electron chi connectivity index (χ2n) is 1.26. The molecule has 0 radical (unpaired) electrons. The third-order valence-electron chi connectivity index (χ3n) is 0.678. The summed E-state index contributed by atoms with van der Waals surface area (Å²) in [4.78, 5) is 9.88. The van der Waals surface area contributed by atoms with E-state index in [4.69, 9.17) is 5.11 Å². The highest BCUT2D eigenvalue weighted by molar-refractivity contribution is 7.80. The first kappa shape index (κ1) is 7.74. The van der Waals surface area contributed by atoms with Gasteiger partial charge in [-0.25, -0.2) is 4.79 Å². The van der Waals surface area contributed by atoms with Crippen molar-refractivity contribution in [3.63, 3.8) is 0 Å². The highest BCUT2D eigenvalue weighted by Gasteiger charge is 2.13. The van der Waals surface area contributed by atoms with Crippen molar-refractivity contribution >= 4 is 18.6 Å². The minimum absolute atomic E-state index is 0.0683. The fourth-order valence-corrected chi connectivity index (χ4v) is 0.422. The lowest BCUT2D eigenvalue weighted by Crippen LogP contribution is -2.87. The van der Waals surface area contributed by atoms with Gasteiger partial charge < -0.3 is 15.8 Å². The van der Waals surface area contributed by atoms with E-state index in [1.54, 1.807) is 0 Å². The van der Waals surface area contributed by atoms with Crippen molar-refractivity contribution < 1.29 is 15.4 Å². The third-order valence-corrected chi connectivity index (χ3v) is 1.07. The monoisotopic (exact) mass is 137 g/mol. The zero-order chi connectivity index (χ0) is 6.57. The van der Waals surface area contributed by atoms with Gasteiger partial charge in [-0.15, -0.1) is 0 Å². The van der Waals surface area contributed by atoms with Gasteiger partial charge >= 0.3 is 5.97 Å². The molecule has 0 aliphatic heterocycles. The Bertz CT molecular complexity index is 82.6. The maximum Gasteiger partial charge on any atom is 0.363 e. The van der Waals surface area contributed by atoms with E-state index in [-0.39, 0.29) is 5.75 Å². The molecule has 8 heavy (non-hydrogen) atoms. The van der Waals surface area contributed by atoms with Gasteiger partial charge in [0.25, 0.3) is 0 Å². The molecule has 0 unspecified atom stereocenters. The molecule has 0 bridgehead atoms. The van der Waals surface area contributed by atoms with Gasteiger partial charge in [0.2, 0.25) is 0 Å². The Labute approximate surface area is 51.9 Å². The number of carbonyl (C=O) groups is 1. The van der Waals surface area contributed by atoms with Crippen molar-refractivity contribution in [3.8, 4) is 0 Å². The summed E-state index contributed by atoms with van der Waals surface area (Å²) in [6.07, 6.45) is 0. The van der Waals surface area contributed by atoms with Crippen molar-refractivity contribution in [2.45, 2.75) is 6.04 Å². The molecule has 0 spiro atoms. The topological polar surface area (TPSA) is 77.0 Å². The molecule has 0 saturated carbocycles. The highest BCUT2D eigenvalue weighted by atomic mass is 32.1. The van der Waals surface area contributed by atoms with Gasteiger partial charge in [0, 0.05) is 0 Å². The number of hydrogen-bond acceptors (Lipinski definition) is 3. The first-order valence-corrected chi connectivity index (χ1v) is 2.64. The number of nitrogens with two attached hydrogens (primary N) is 1. The van der Waals surface area contributed by atoms with Gasteiger partial charge in [-0.1, -0.05) is 0 Å². The normalized spacial score (nSPS) is 13.2. The van der Waals surface area contributed by atoms with Crippen molar-refractivity contribution in [3.05, 3.63) is 5.21 Å². The zero-order valence-electron chi connectivity index (χ0n) is 4.07. The zero-order valence-corrected chi connectivity index (χ0v) is 4.97. The Kier molecular flexibility index (Phi) is 3.59. The van der Waals surface area contributed by atoms with Crippen LogP contribution in [0.5, 0.6) is 0 Å². The van der Waals surface area contributed by atoms with E-state index >= 15 is 0 Å². The quantitative estimate of drug-likeness (QED) is 0.325. The molecule has 0 aromatic carbocycles. The summed E-state index contributed by atoms with van der Waals surface area (Å²) in [5.41, 5.74) is 0.370. The van der Waals surface area contributed by atoms with Gasteiger partial charge in [-0.2, -0.15) is 12.6 Å². The molecule has 0 aliphatic carbocycles. The Hall–Kier alpha value is -0.260. The van der Waals surface area contributed by atoms with E-state index in [0.717, 1.165) is 0 Å². The lowest BCUT2D eigenvalue weighted by Gasteiger charge is -2.07. The minimum Gasteiger partial charge on any atom is -0.635 e. The Balaban J connectivity index is 3.52. The fourth-order valence-electron chi connectivity index (χ4n) is 0.179. The molecular formula is C3H7NO3S. The third kappa shape index (κ3) is 2.15. The van der Waals surface area contributed by atoms with Crippen LogP contribution in [-0.4, -0.2) is 22.9 Å². The van der Waals surface area contributed by atoms with Gasteiger partial charge in [0.1, 0.15) is 0 Å². The molecule has 5 heteroatoms. The molecule has 0 rings (SSSR count). The number of rotatable bonds is 3. The smallest absolute Gasteiger partial charge is 0.363 e. The summed E-state index contributed by atoms with van der Waals surface area (Å²) in [5.74, 6) is -1.05. The van der Waals surface area contributed by atoms with Crippen molar-refractivity contribution in [1.82, 2.24) is 0 Å². The molecule has 0 aromatic heterocycles. The molecule has 1 atom stereocenters. The predicted octanol–water partition coefficient (Wildman–Crippen LogP) is -1.57. The molecule has 4 nitrogen and oxygen atoms in total. The molecule has 3 N–H and O–H groups in total. The SMILES string of the molecule is O=C(O)[C@@H](CS)[NH2+][O-]. The van der Waals surface area contributed by atoms with Crippen LogP contribution in [0.15, 0.2) is 0 Å². The second-order valence-corrected chi connectivity index (χ2v) is 1.63. The van der Waals surface area contributed by atoms with E-state index in [1.807, 2.05) is 0 Å². The Morgan fingerprint density at radius 1 is 2.00 bits per heavy atom. The van der Waals surface area contributed by atoms with Crippen LogP contribution in [0.25, 0.3) is 0 Å². The van der Waals surface area contributed by atoms with E-state index in [2.05, 4.69) is 12.6 Å². The minimum atomic E-state index is -1.12. The molecular weight excluding hydrogens is 130 g/mol. The van der Waals surface area contributed by atoms with Crippen LogP contribution in [-0.2, 0) is 4.79 Å². The molecule has 48 valence electrons. The van der Waals surface area contributed by atoms with Crippen LogP contribution in [0.4, 0.5) is 0 Å². The van der Waals surface area contributed by atoms with Gasteiger partial charge in [-0.3, -0.25) is 0 Å². The van der Waals surface area contributed by atoms with Crippen LogP contribution < -0.4 is 5.48 Å². The number of aliphatic carboxylic acids is 1. The predicted molar refractivity (Wildman–Crippen MR) is 30.6 cm³/mol. The summed E-state index contributed by atoms with van der Waals surface area (Å²) in [6.45, 7) is 0. The number of thiol groups is 1. The number of carboxylic acid groups (broad SMARTS) is 1. The van der Waals surface area contributed by atoms with Crippen LogP contribution in [0.3, 0.4) is 0 Å². The van der Waals surface area contributed by atoms with Crippen molar-refractivity contribution in [2.75, 3.05) is 5.75 Å².